The van der Waals surface area contributed by atoms with Gasteiger partial charge in [0.1, 0.15) is 17.7 Å². The number of nitrogens with one attached hydrogen (secondary N) is 1. The monoisotopic (exact) mass is 479 g/mol. The van der Waals surface area contributed by atoms with Crippen molar-refractivity contribution in [3.8, 4) is 11.3 Å². The molecule has 2 aliphatic rings. The SMILES string of the molecule is CSCC[C@H](C(=O)Nc1nc(-c2cc(F)ccc2F)cs1)N1C(=O)[C@H]2CCCC[C@H]2C1=O. The zero-order valence-electron chi connectivity index (χ0n) is 17.5. The van der Waals surface area contributed by atoms with Gasteiger partial charge in [0.15, 0.2) is 5.13 Å². The number of likely N-dealkylation sites (tertiary alicyclic amines) is 1. The molecule has 1 aliphatic carbocycles. The lowest BCUT2D eigenvalue weighted by Gasteiger charge is -2.25. The normalized spacial score (nSPS) is 21.5. The van der Waals surface area contributed by atoms with Crippen LogP contribution in [0.15, 0.2) is 23.6 Å². The molecule has 2 aromatic rings. The number of halogens is 2. The minimum atomic E-state index is -0.925. The van der Waals surface area contributed by atoms with Crippen LogP contribution in [0.5, 0.6) is 0 Å². The number of anilines is 1. The Bertz CT molecular complexity index is 1020. The van der Waals surface area contributed by atoms with Gasteiger partial charge in [-0.2, -0.15) is 11.8 Å². The highest BCUT2D eigenvalue weighted by molar-refractivity contribution is 7.98. The molecule has 2 fully saturated rings. The molecule has 1 saturated heterocycles. The molecule has 170 valence electrons. The topological polar surface area (TPSA) is 79.4 Å². The van der Waals surface area contributed by atoms with Crippen molar-refractivity contribution in [1.82, 2.24) is 9.88 Å². The standard InChI is InChI=1S/C22H23F2N3O3S2/c1-31-9-8-18(27-20(29)13-4-2-3-5-14(13)21(27)30)19(28)26-22-25-17(11-32-22)15-10-12(23)6-7-16(15)24/h6-7,10-11,13-14,18H,2-5,8-9H2,1H3,(H,25,26,28)/t13-,14+,18-/m1/s1. The van der Waals surface area contributed by atoms with E-state index in [1.54, 1.807) is 0 Å². The number of nitrogens with zero attached hydrogens (tertiary/aromatic N) is 2. The molecule has 3 amide bonds. The lowest BCUT2D eigenvalue weighted by atomic mass is 9.81. The smallest absolute Gasteiger partial charge is 0.249 e. The summed E-state index contributed by atoms with van der Waals surface area (Å²) in [6.45, 7) is 0. The first-order valence-electron chi connectivity index (χ1n) is 10.5. The summed E-state index contributed by atoms with van der Waals surface area (Å²) in [5, 5.41) is 4.38. The third-order valence-corrected chi connectivity index (χ3v) is 7.43. The van der Waals surface area contributed by atoms with Crippen LogP contribution >= 0.6 is 23.1 Å². The second-order valence-corrected chi connectivity index (χ2v) is 9.84. The highest BCUT2D eigenvalue weighted by Gasteiger charge is 2.51. The zero-order valence-corrected chi connectivity index (χ0v) is 19.1. The van der Waals surface area contributed by atoms with Crippen molar-refractivity contribution in [3.05, 3.63) is 35.2 Å². The molecular formula is C22H23F2N3O3S2. The summed E-state index contributed by atoms with van der Waals surface area (Å²) in [5.74, 6) is -2.30. The summed E-state index contributed by atoms with van der Waals surface area (Å²) < 4.78 is 27.6. The van der Waals surface area contributed by atoms with Gasteiger partial charge in [0, 0.05) is 10.9 Å². The fraction of sp³-hybridized carbons (Fsp3) is 0.455. The number of thiazole rings is 1. The van der Waals surface area contributed by atoms with Gasteiger partial charge in [0.2, 0.25) is 17.7 Å². The molecule has 4 rings (SSSR count). The average Bonchev–Trinajstić information content (AvgIpc) is 3.34. The quantitative estimate of drug-likeness (QED) is 0.599. The number of imide groups is 1. The highest BCUT2D eigenvalue weighted by atomic mass is 32.2. The molecule has 0 spiro atoms. The van der Waals surface area contributed by atoms with Crippen molar-refractivity contribution >= 4 is 46.0 Å². The number of hydrogen-bond acceptors (Lipinski definition) is 6. The third kappa shape index (κ3) is 4.43. The Morgan fingerprint density at radius 3 is 2.59 bits per heavy atom. The molecule has 0 unspecified atom stereocenters. The van der Waals surface area contributed by atoms with Crippen molar-refractivity contribution in [2.75, 3.05) is 17.3 Å². The molecule has 2 heterocycles. The summed E-state index contributed by atoms with van der Waals surface area (Å²) >= 11 is 2.59. The van der Waals surface area contributed by atoms with E-state index in [1.807, 2.05) is 6.26 Å². The van der Waals surface area contributed by atoms with Crippen LogP contribution < -0.4 is 5.32 Å². The Labute approximate surface area is 192 Å². The van der Waals surface area contributed by atoms with E-state index in [4.69, 9.17) is 0 Å². The molecule has 3 atom stereocenters. The molecular weight excluding hydrogens is 456 g/mol. The minimum Gasteiger partial charge on any atom is -0.300 e. The van der Waals surface area contributed by atoms with E-state index in [-0.39, 0.29) is 40.0 Å². The van der Waals surface area contributed by atoms with Crippen molar-refractivity contribution < 1.29 is 23.2 Å². The van der Waals surface area contributed by atoms with Crippen LogP contribution in [0.25, 0.3) is 11.3 Å². The van der Waals surface area contributed by atoms with Crippen LogP contribution in [-0.2, 0) is 14.4 Å². The predicted octanol–water partition coefficient (Wildman–Crippen LogP) is 4.32. The zero-order chi connectivity index (χ0) is 22.8. The van der Waals surface area contributed by atoms with Crippen molar-refractivity contribution in [3.63, 3.8) is 0 Å². The molecule has 1 aromatic heterocycles. The highest BCUT2D eigenvalue weighted by Crippen LogP contribution is 2.39. The van der Waals surface area contributed by atoms with Gasteiger partial charge in [-0.3, -0.25) is 19.3 Å². The van der Waals surface area contributed by atoms with Crippen LogP contribution in [0, 0.1) is 23.5 Å². The molecule has 10 heteroatoms. The third-order valence-electron chi connectivity index (χ3n) is 6.02. The second-order valence-electron chi connectivity index (χ2n) is 7.99. The van der Waals surface area contributed by atoms with Gasteiger partial charge in [-0.1, -0.05) is 12.8 Å². The van der Waals surface area contributed by atoms with E-state index in [1.165, 1.54) is 17.1 Å². The van der Waals surface area contributed by atoms with Gasteiger partial charge in [0.25, 0.3) is 0 Å². The fourth-order valence-corrected chi connectivity index (χ4v) is 5.61. The van der Waals surface area contributed by atoms with Gasteiger partial charge in [-0.05, 0) is 49.5 Å². The van der Waals surface area contributed by atoms with E-state index in [0.29, 0.717) is 25.0 Å². The van der Waals surface area contributed by atoms with Crippen LogP contribution in [0.2, 0.25) is 0 Å². The summed E-state index contributed by atoms with van der Waals surface area (Å²) in [7, 11) is 0. The van der Waals surface area contributed by atoms with Gasteiger partial charge in [-0.15, -0.1) is 11.3 Å². The number of aromatic nitrogens is 1. The Morgan fingerprint density at radius 2 is 1.94 bits per heavy atom. The van der Waals surface area contributed by atoms with Crippen LogP contribution in [-0.4, -0.2) is 45.7 Å². The average molecular weight is 480 g/mol. The Balaban J connectivity index is 1.54. The molecule has 0 radical (unpaired) electrons. The molecule has 1 aromatic carbocycles. The number of carbonyl (C=O) groups excluding carboxylic acids is 3. The summed E-state index contributed by atoms with van der Waals surface area (Å²) in [6.07, 6.45) is 5.40. The number of fused-ring (bicyclic) bond motifs is 1. The number of rotatable bonds is 7. The number of amides is 3. The largest absolute Gasteiger partial charge is 0.300 e. The maximum atomic E-state index is 14.1. The van der Waals surface area contributed by atoms with Crippen molar-refractivity contribution in [2.45, 2.75) is 38.1 Å². The van der Waals surface area contributed by atoms with Gasteiger partial charge in [0.05, 0.1) is 17.5 Å². The molecule has 1 saturated carbocycles. The number of hydrogen-bond donors (Lipinski definition) is 1. The molecule has 0 bridgehead atoms. The van der Waals surface area contributed by atoms with E-state index in [2.05, 4.69) is 10.3 Å². The van der Waals surface area contributed by atoms with Crippen LogP contribution in [0.4, 0.5) is 13.9 Å². The Hall–Kier alpha value is -2.33. The molecule has 1 N–H and O–H groups in total. The van der Waals surface area contributed by atoms with Gasteiger partial charge >= 0.3 is 0 Å². The first kappa shape index (κ1) is 22.8. The Kier molecular flexibility index (Phi) is 6.90. The number of carbonyl (C=O) groups is 3. The predicted molar refractivity (Wildman–Crippen MR) is 120 cm³/mol. The van der Waals surface area contributed by atoms with E-state index < -0.39 is 23.6 Å². The van der Waals surface area contributed by atoms with E-state index in [0.717, 1.165) is 47.3 Å². The molecule has 6 nitrogen and oxygen atoms in total. The van der Waals surface area contributed by atoms with Gasteiger partial charge in [-0.25, -0.2) is 13.8 Å². The lowest BCUT2D eigenvalue weighted by molar-refractivity contribution is -0.146. The lowest BCUT2D eigenvalue weighted by Crippen LogP contribution is -2.48. The Morgan fingerprint density at radius 1 is 1.25 bits per heavy atom. The summed E-state index contributed by atoms with van der Waals surface area (Å²) in [4.78, 5) is 44.5. The minimum absolute atomic E-state index is 0.00495. The number of thioether (sulfide) groups is 1. The van der Waals surface area contributed by atoms with Crippen molar-refractivity contribution in [2.24, 2.45) is 11.8 Å². The maximum absolute atomic E-state index is 14.1. The maximum Gasteiger partial charge on any atom is 0.249 e. The fourth-order valence-electron chi connectivity index (χ4n) is 4.44. The summed E-state index contributed by atoms with van der Waals surface area (Å²) in [5.41, 5.74) is 0.192. The first-order chi connectivity index (χ1) is 15.4. The number of benzene rings is 1. The molecule has 1 aliphatic heterocycles. The first-order valence-corrected chi connectivity index (χ1v) is 12.8. The van der Waals surface area contributed by atoms with Crippen molar-refractivity contribution in [1.29, 1.82) is 0 Å². The van der Waals surface area contributed by atoms with E-state index in [9.17, 15) is 23.2 Å². The van der Waals surface area contributed by atoms with Crippen LogP contribution in [0.1, 0.15) is 32.1 Å². The van der Waals surface area contributed by atoms with E-state index >= 15 is 0 Å². The van der Waals surface area contributed by atoms with Gasteiger partial charge < -0.3 is 5.32 Å². The molecule has 32 heavy (non-hydrogen) atoms. The second kappa shape index (κ2) is 9.66. The van der Waals surface area contributed by atoms with Crippen LogP contribution in [0.3, 0.4) is 0 Å². The summed E-state index contributed by atoms with van der Waals surface area (Å²) in [6, 6.07) is 2.16.